The van der Waals surface area contributed by atoms with Crippen molar-refractivity contribution in [3.63, 3.8) is 0 Å². The number of hydrogen-bond donors (Lipinski definition) is 2. The lowest BCUT2D eigenvalue weighted by molar-refractivity contribution is -0.149. The third-order valence-corrected chi connectivity index (χ3v) is 5.54. The number of benzene rings is 2. The summed E-state index contributed by atoms with van der Waals surface area (Å²) in [5.41, 5.74) is 1.38. The lowest BCUT2D eigenvalue weighted by Crippen LogP contribution is -2.38. The molecule has 0 saturated carbocycles. The van der Waals surface area contributed by atoms with E-state index in [2.05, 4.69) is 5.32 Å². The zero-order valence-corrected chi connectivity index (χ0v) is 21.5. The molecule has 1 unspecified atom stereocenters. The molecule has 0 heterocycles. The second-order valence-corrected chi connectivity index (χ2v) is 8.65. The number of aliphatic carboxylic acids is 1. The summed E-state index contributed by atoms with van der Waals surface area (Å²) in [6.45, 7) is 3.68. The van der Waals surface area contributed by atoms with Gasteiger partial charge in [0.2, 0.25) is 5.92 Å². The summed E-state index contributed by atoms with van der Waals surface area (Å²) in [7, 11) is 1.55. The molecule has 0 saturated heterocycles. The number of alkyl halides is 2. The Morgan fingerprint density at radius 1 is 1.03 bits per heavy atom. The average molecular weight is 523 g/mol. The first-order valence-corrected chi connectivity index (χ1v) is 12.2. The van der Waals surface area contributed by atoms with Gasteiger partial charge in [0.15, 0.2) is 6.10 Å². The Morgan fingerprint density at radius 3 is 2.24 bits per heavy atom. The van der Waals surface area contributed by atoms with Gasteiger partial charge in [-0.2, -0.15) is 0 Å². The molecular formula is C27H36F2N2O6. The Bertz CT molecular complexity index is 964. The highest BCUT2D eigenvalue weighted by molar-refractivity contribution is 5.89. The number of unbranched alkanes of at least 4 members (excludes halogenated alkanes) is 1. The highest BCUT2D eigenvalue weighted by Gasteiger charge is 2.21. The Balaban J connectivity index is 1.93. The van der Waals surface area contributed by atoms with Gasteiger partial charge in [-0.1, -0.05) is 12.1 Å². The number of anilines is 1. The molecule has 2 amide bonds. The van der Waals surface area contributed by atoms with E-state index in [1.807, 2.05) is 0 Å². The quantitative estimate of drug-likeness (QED) is 0.284. The van der Waals surface area contributed by atoms with Crippen LogP contribution in [0.4, 0.5) is 19.3 Å². The fraction of sp³-hybridized carbons (Fsp3) is 0.481. The van der Waals surface area contributed by atoms with Gasteiger partial charge in [0.1, 0.15) is 18.1 Å². The highest BCUT2D eigenvalue weighted by atomic mass is 19.3. The maximum Gasteiger partial charge on any atom is 0.333 e. The predicted octanol–water partition coefficient (Wildman–Crippen LogP) is 5.47. The number of halogens is 2. The molecule has 37 heavy (non-hydrogen) atoms. The van der Waals surface area contributed by atoms with E-state index in [0.29, 0.717) is 36.8 Å². The molecule has 0 radical (unpaired) electrons. The van der Waals surface area contributed by atoms with Gasteiger partial charge in [0.25, 0.3) is 0 Å². The van der Waals surface area contributed by atoms with Gasteiger partial charge < -0.3 is 29.5 Å². The topological polar surface area (TPSA) is 97.3 Å². The molecule has 0 aliphatic rings. The van der Waals surface area contributed by atoms with Crippen LogP contribution in [0.2, 0.25) is 0 Å². The monoisotopic (exact) mass is 522 g/mol. The summed E-state index contributed by atoms with van der Waals surface area (Å²) in [5.74, 6) is -2.53. The van der Waals surface area contributed by atoms with Gasteiger partial charge in [0.05, 0.1) is 13.7 Å². The molecule has 204 valence electrons. The van der Waals surface area contributed by atoms with Gasteiger partial charge in [-0.3, -0.25) is 0 Å². The minimum Gasteiger partial charge on any atom is -0.497 e. The van der Waals surface area contributed by atoms with Crippen LogP contribution in [0.15, 0.2) is 48.5 Å². The van der Waals surface area contributed by atoms with E-state index >= 15 is 0 Å². The van der Waals surface area contributed by atoms with Gasteiger partial charge in [-0.15, -0.1) is 0 Å². The maximum atomic E-state index is 13.2. The fourth-order valence-corrected chi connectivity index (χ4v) is 3.56. The number of nitrogens with one attached hydrogen (secondary N) is 1. The number of rotatable bonds is 16. The van der Waals surface area contributed by atoms with Crippen molar-refractivity contribution in [2.75, 3.05) is 38.7 Å². The highest BCUT2D eigenvalue weighted by Crippen LogP contribution is 2.20. The average Bonchev–Trinajstić information content (AvgIpc) is 2.85. The molecule has 0 aliphatic carbocycles. The Labute approximate surface area is 216 Å². The minimum atomic E-state index is -2.74. The van der Waals surface area contributed by atoms with Crippen molar-refractivity contribution in [2.45, 2.75) is 51.6 Å². The van der Waals surface area contributed by atoms with E-state index in [1.54, 1.807) is 62.6 Å². The van der Waals surface area contributed by atoms with Crippen LogP contribution in [-0.4, -0.2) is 67.4 Å². The van der Waals surface area contributed by atoms with Crippen LogP contribution in [0.25, 0.3) is 0 Å². The first-order chi connectivity index (χ1) is 17.6. The largest absolute Gasteiger partial charge is 0.497 e. The molecule has 2 aromatic carbocycles. The number of carboxylic acids is 1. The van der Waals surface area contributed by atoms with Crippen LogP contribution in [0, 0.1) is 0 Å². The van der Waals surface area contributed by atoms with Crippen molar-refractivity contribution >= 4 is 17.7 Å². The zero-order chi connectivity index (χ0) is 27.3. The molecule has 0 bridgehead atoms. The number of nitrogens with zero attached hydrogens (tertiary/aromatic N) is 1. The Kier molecular flexibility index (Phi) is 12.1. The van der Waals surface area contributed by atoms with Gasteiger partial charge in [0, 0.05) is 31.7 Å². The standard InChI is InChI=1S/C27H36F2N2O6/c1-4-36-24(25(32)33)19-20-7-11-23(12-8-20)37-18-17-31(16-6-5-15-27(2,28)29)26(34)30-21-9-13-22(35-3)14-10-21/h7-14,24H,4-6,15-19H2,1-3H3,(H,30,34)(H,32,33). The molecule has 0 fully saturated rings. The normalized spacial score (nSPS) is 12.0. The van der Waals surface area contributed by atoms with Crippen molar-refractivity contribution in [3.8, 4) is 11.5 Å². The molecule has 0 aromatic heterocycles. The number of urea groups is 1. The van der Waals surface area contributed by atoms with Crippen LogP contribution in [0.5, 0.6) is 11.5 Å². The van der Waals surface area contributed by atoms with Crippen LogP contribution in [0.3, 0.4) is 0 Å². The summed E-state index contributed by atoms with van der Waals surface area (Å²) in [4.78, 5) is 25.7. The number of carbonyl (C=O) groups is 2. The van der Waals surface area contributed by atoms with Crippen molar-refractivity contribution in [2.24, 2.45) is 0 Å². The number of ether oxygens (including phenoxy) is 3. The minimum absolute atomic E-state index is 0.190. The smallest absolute Gasteiger partial charge is 0.333 e. The maximum absolute atomic E-state index is 13.2. The number of methoxy groups -OCH3 is 1. The van der Waals surface area contributed by atoms with Gasteiger partial charge in [-0.05, 0) is 68.7 Å². The fourth-order valence-electron chi connectivity index (χ4n) is 3.56. The number of hydrogen-bond acceptors (Lipinski definition) is 5. The molecule has 1 atom stereocenters. The molecule has 0 aliphatic heterocycles. The van der Waals surface area contributed by atoms with E-state index in [1.165, 1.54) is 4.90 Å². The SMILES string of the molecule is CCOC(Cc1ccc(OCCN(CCCCC(C)(F)F)C(=O)Nc2ccc(OC)cc2)cc1)C(=O)O. The van der Waals surface area contributed by atoms with Crippen molar-refractivity contribution < 1.29 is 37.7 Å². The van der Waals surface area contributed by atoms with Crippen molar-refractivity contribution in [1.82, 2.24) is 4.90 Å². The Hall–Kier alpha value is -3.40. The molecule has 10 heteroatoms. The number of carboxylic acid groups (broad SMARTS) is 1. The lowest BCUT2D eigenvalue weighted by Gasteiger charge is -2.24. The van der Waals surface area contributed by atoms with E-state index in [-0.39, 0.29) is 38.4 Å². The third-order valence-electron chi connectivity index (χ3n) is 5.54. The van der Waals surface area contributed by atoms with Crippen molar-refractivity contribution in [3.05, 3.63) is 54.1 Å². The summed E-state index contributed by atoms with van der Waals surface area (Å²) in [5, 5.41) is 12.0. The molecule has 0 spiro atoms. The Morgan fingerprint density at radius 2 is 1.68 bits per heavy atom. The number of amides is 2. The molecule has 2 N–H and O–H groups in total. The van der Waals surface area contributed by atoms with E-state index < -0.39 is 18.0 Å². The van der Waals surface area contributed by atoms with Crippen LogP contribution in [-0.2, 0) is 16.0 Å². The van der Waals surface area contributed by atoms with E-state index in [0.717, 1.165) is 12.5 Å². The first kappa shape index (κ1) is 29.8. The first-order valence-electron chi connectivity index (χ1n) is 12.2. The van der Waals surface area contributed by atoms with Gasteiger partial charge >= 0.3 is 12.0 Å². The van der Waals surface area contributed by atoms with Crippen LogP contribution >= 0.6 is 0 Å². The summed E-state index contributed by atoms with van der Waals surface area (Å²) >= 11 is 0. The van der Waals surface area contributed by atoms with Crippen LogP contribution in [0.1, 0.15) is 38.7 Å². The van der Waals surface area contributed by atoms with Gasteiger partial charge in [-0.25, -0.2) is 18.4 Å². The second-order valence-electron chi connectivity index (χ2n) is 8.65. The molecule has 8 nitrogen and oxygen atoms in total. The molecular weight excluding hydrogens is 486 g/mol. The predicted molar refractivity (Wildman–Crippen MR) is 137 cm³/mol. The zero-order valence-electron chi connectivity index (χ0n) is 21.5. The summed E-state index contributed by atoms with van der Waals surface area (Å²) in [6.07, 6.45) is -0.201. The second kappa shape index (κ2) is 15.0. The van der Waals surface area contributed by atoms with Crippen LogP contribution < -0.4 is 14.8 Å². The lowest BCUT2D eigenvalue weighted by atomic mass is 10.1. The molecule has 2 aromatic rings. The molecule has 2 rings (SSSR count). The summed E-state index contributed by atoms with van der Waals surface area (Å²) < 4.78 is 42.5. The van der Waals surface area contributed by atoms with E-state index in [9.17, 15) is 23.5 Å². The third kappa shape index (κ3) is 11.5. The van der Waals surface area contributed by atoms with E-state index in [4.69, 9.17) is 14.2 Å². The number of carbonyl (C=O) groups excluding carboxylic acids is 1. The summed E-state index contributed by atoms with van der Waals surface area (Å²) in [6, 6.07) is 13.5. The van der Waals surface area contributed by atoms with Crippen molar-refractivity contribution in [1.29, 1.82) is 0 Å².